The van der Waals surface area contributed by atoms with Gasteiger partial charge < -0.3 is 10.4 Å². The van der Waals surface area contributed by atoms with Crippen LogP contribution in [0.15, 0.2) is 64.0 Å². The highest BCUT2D eigenvalue weighted by atomic mass is 79.9. The number of nitrogens with zero attached hydrogens (tertiary/aromatic N) is 1. The average molecular weight is 612 g/mol. The minimum atomic E-state index is -1.14. The summed E-state index contributed by atoms with van der Waals surface area (Å²) in [5.41, 5.74) is 3.03. The molecular formula is C23H20Br2N2O4S2. The van der Waals surface area contributed by atoms with Crippen LogP contribution in [0.3, 0.4) is 0 Å². The van der Waals surface area contributed by atoms with Crippen molar-refractivity contribution in [2.45, 2.75) is 33.4 Å². The molecule has 2 N–H and O–H groups in total. The highest BCUT2D eigenvalue weighted by Gasteiger charge is 2.54. The molecule has 0 aromatic heterocycles. The van der Waals surface area contributed by atoms with Crippen molar-refractivity contribution in [1.29, 1.82) is 0 Å². The van der Waals surface area contributed by atoms with Crippen LogP contribution in [0.2, 0.25) is 0 Å². The van der Waals surface area contributed by atoms with E-state index in [-0.39, 0.29) is 23.9 Å². The first-order valence-corrected chi connectivity index (χ1v) is 14.2. The van der Waals surface area contributed by atoms with Crippen LogP contribution < -0.4 is 5.32 Å². The van der Waals surface area contributed by atoms with E-state index in [9.17, 15) is 19.5 Å². The summed E-state index contributed by atoms with van der Waals surface area (Å²) in [4.78, 5) is 40.4. The van der Waals surface area contributed by atoms with Crippen molar-refractivity contribution < 1.29 is 19.5 Å². The summed E-state index contributed by atoms with van der Waals surface area (Å²) in [6.45, 7) is 0. The fraction of sp³-hybridized carbons (Fsp3) is 0.261. The van der Waals surface area contributed by atoms with Crippen molar-refractivity contribution in [3.63, 3.8) is 0 Å². The molecule has 0 bridgehead atoms. The lowest BCUT2D eigenvalue weighted by molar-refractivity contribution is -0.150. The van der Waals surface area contributed by atoms with Crippen LogP contribution >= 0.6 is 55.4 Å². The van der Waals surface area contributed by atoms with Crippen LogP contribution in [0.5, 0.6) is 0 Å². The van der Waals surface area contributed by atoms with Crippen LogP contribution in [0.1, 0.15) is 16.7 Å². The molecule has 4 rings (SSSR count). The lowest BCUT2D eigenvalue weighted by atomic mass is 10.0. The Balaban J connectivity index is 1.47. The van der Waals surface area contributed by atoms with Gasteiger partial charge in [-0.1, -0.05) is 86.1 Å². The van der Waals surface area contributed by atoms with Gasteiger partial charge in [0.2, 0.25) is 5.91 Å². The van der Waals surface area contributed by atoms with Crippen LogP contribution in [0.25, 0.3) is 0 Å². The molecular weight excluding hydrogens is 592 g/mol. The fourth-order valence-corrected chi connectivity index (χ4v) is 7.32. The van der Waals surface area contributed by atoms with E-state index in [1.807, 2.05) is 48.5 Å². The number of carbonyl (C=O) groups excluding carboxylic acids is 2. The van der Waals surface area contributed by atoms with Gasteiger partial charge >= 0.3 is 5.97 Å². The summed E-state index contributed by atoms with van der Waals surface area (Å²) in [5.74, 6) is -1.33. The van der Waals surface area contributed by atoms with Crippen molar-refractivity contribution in [2.75, 3.05) is 5.75 Å². The molecule has 0 aliphatic carbocycles. The molecule has 1 saturated heterocycles. The first kappa shape index (κ1) is 24.4. The number of halogens is 2. The second-order valence-electron chi connectivity index (χ2n) is 7.50. The minimum Gasteiger partial charge on any atom is -0.477 e. The van der Waals surface area contributed by atoms with Crippen molar-refractivity contribution in [3.05, 3.63) is 75.8 Å². The average Bonchev–Trinajstić information content (AvgIpc) is 2.82. The second-order valence-corrected chi connectivity index (χ2v) is 10.9. The van der Waals surface area contributed by atoms with E-state index in [1.165, 1.54) is 28.4 Å². The molecule has 2 aliphatic rings. The Labute approximate surface area is 216 Å². The highest BCUT2D eigenvalue weighted by molar-refractivity contribution is 9.08. The Kier molecular flexibility index (Phi) is 7.88. The van der Waals surface area contributed by atoms with Gasteiger partial charge in [-0.3, -0.25) is 14.5 Å². The molecule has 2 atom stereocenters. The molecule has 0 unspecified atom stereocenters. The number of fused-ring (bicyclic) bond motifs is 1. The Morgan fingerprint density at radius 1 is 1.09 bits per heavy atom. The van der Waals surface area contributed by atoms with Crippen LogP contribution in [0, 0.1) is 0 Å². The summed E-state index contributed by atoms with van der Waals surface area (Å²) in [5, 5.41) is 13.7. The van der Waals surface area contributed by atoms with Gasteiger partial charge in [-0.05, 0) is 22.8 Å². The van der Waals surface area contributed by atoms with E-state index in [0.717, 1.165) is 26.9 Å². The number of hydrogen-bond acceptors (Lipinski definition) is 5. The summed E-state index contributed by atoms with van der Waals surface area (Å²) in [6, 6.07) is 14.7. The molecule has 33 heavy (non-hydrogen) atoms. The molecule has 0 spiro atoms. The largest absolute Gasteiger partial charge is 0.477 e. The zero-order valence-corrected chi connectivity index (χ0v) is 22.1. The lowest BCUT2D eigenvalue weighted by Crippen LogP contribution is -2.70. The number of carboxylic acids is 1. The summed E-state index contributed by atoms with van der Waals surface area (Å²) < 4.78 is 0. The molecule has 1 fully saturated rings. The van der Waals surface area contributed by atoms with Gasteiger partial charge in [0, 0.05) is 26.2 Å². The molecule has 2 amide bonds. The fourth-order valence-electron chi connectivity index (χ4n) is 3.67. The predicted molar refractivity (Wildman–Crippen MR) is 137 cm³/mol. The SMILES string of the molecule is O=C(Cc1ccc(CBr)cc1)N[C@@H]1C(=O)N2C(C(=O)O)=C(Sc3ccccc3CBr)CS[C@H]12. The third-order valence-electron chi connectivity index (χ3n) is 5.34. The number of aliphatic carboxylic acids is 1. The zero-order valence-electron chi connectivity index (χ0n) is 17.3. The lowest BCUT2D eigenvalue weighted by Gasteiger charge is -2.49. The normalized spacial score (nSPS) is 19.7. The number of thioether (sulfide) groups is 2. The number of amides is 2. The van der Waals surface area contributed by atoms with Gasteiger partial charge in [0.05, 0.1) is 6.42 Å². The van der Waals surface area contributed by atoms with Gasteiger partial charge in [0.1, 0.15) is 17.1 Å². The van der Waals surface area contributed by atoms with Gasteiger partial charge in [-0.25, -0.2) is 4.79 Å². The number of carboxylic acid groups (broad SMARTS) is 1. The standard InChI is InChI=1S/C23H20Br2N2O4S2/c24-10-14-7-5-13(6-8-14)9-18(28)26-19-21(29)27-20(23(30)31)17(12-32-22(19)27)33-16-4-2-1-3-15(16)11-25/h1-8,19,22H,9-12H2,(H,26,28)(H,30,31)/t19-,22-/m1/s1. The van der Waals surface area contributed by atoms with E-state index >= 15 is 0 Å². The molecule has 2 aromatic carbocycles. The van der Waals surface area contributed by atoms with E-state index < -0.39 is 17.4 Å². The maximum absolute atomic E-state index is 12.9. The number of rotatable bonds is 8. The summed E-state index contributed by atoms with van der Waals surface area (Å²) in [6.07, 6.45) is 0.162. The first-order valence-electron chi connectivity index (χ1n) is 10.1. The molecule has 10 heteroatoms. The summed E-state index contributed by atoms with van der Waals surface area (Å²) >= 11 is 9.71. The number of benzene rings is 2. The van der Waals surface area contributed by atoms with Crippen molar-refractivity contribution in [1.82, 2.24) is 10.2 Å². The maximum atomic E-state index is 12.9. The number of alkyl halides is 2. The number of hydrogen-bond donors (Lipinski definition) is 2. The van der Waals surface area contributed by atoms with Crippen LogP contribution in [-0.2, 0) is 31.5 Å². The second kappa shape index (κ2) is 10.7. The maximum Gasteiger partial charge on any atom is 0.353 e. The molecule has 2 aromatic rings. The zero-order chi connectivity index (χ0) is 23.5. The third-order valence-corrected chi connectivity index (χ3v) is 9.26. The van der Waals surface area contributed by atoms with Crippen LogP contribution in [-0.4, -0.2) is 45.0 Å². The van der Waals surface area contributed by atoms with Crippen molar-refractivity contribution in [2.24, 2.45) is 0 Å². The molecule has 2 aliphatic heterocycles. The smallest absolute Gasteiger partial charge is 0.353 e. The molecule has 172 valence electrons. The van der Waals surface area contributed by atoms with E-state index in [2.05, 4.69) is 37.2 Å². The molecule has 0 saturated carbocycles. The van der Waals surface area contributed by atoms with Gasteiger partial charge in [-0.2, -0.15) is 0 Å². The van der Waals surface area contributed by atoms with E-state index in [0.29, 0.717) is 16.0 Å². The first-order chi connectivity index (χ1) is 15.9. The summed E-state index contributed by atoms with van der Waals surface area (Å²) in [7, 11) is 0. The van der Waals surface area contributed by atoms with Gasteiger partial charge in [0.25, 0.3) is 5.91 Å². The Morgan fingerprint density at radius 3 is 2.45 bits per heavy atom. The molecule has 0 radical (unpaired) electrons. The molecule has 2 heterocycles. The van der Waals surface area contributed by atoms with E-state index in [4.69, 9.17) is 0 Å². The Bertz CT molecular complexity index is 1120. The van der Waals surface area contributed by atoms with Crippen molar-refractivity contribution in [3.8, 4) is 0 Å². The number of β-lactam (4-membered cyclic amide) rings is 1. The quantitative estimate of drug-likeness (QED) is 0.338. The monoisotopic (exact) mass is 610 g/mol. The minimum absolute atomic E-state index is 0.00832. The van der Waals surface area contributed by atoms with Crippen molar-refractivity contribution >= 4 is 73.2 Å². The number of carbonyl (C=O) groups is 3. The third kappa shape index (κ3) is 5.18. The van der Waals surface area contributed by atoms with Gasteiger partial charge in [0.15, 0.2) is 0 Å². The Hall–Kier alpha value is -1.75. The molecule has 6 nitrogen and oxygen atoms in total. The van der Waals surface area contributed by atoms with Gasteiger partial charge in [-0.15, -0.1) is 11.8 Å². The van der Waals surface area contributed by atoms with Crippen LogP contribution in [0.4, 0.5) is 0 Å². The topological polar surface area (TPSA) is 86.7 Å². The Morgan fingerprint density at radius 2 is 1.79 bits per heavy atom. The number of nitrogens with one attached hydrogen (secondary N) is 1. The highest BCUT2D eigenvalue weighted by Crippen LogP contribution is 2.45. The predicted octanol–water partition coefficient (Wildman–Crippen LogP) is 4.51. The van der Waals surface area contributed by atoms with E-state index in [1.54, 1.807) is 0 Å².